The Morgan fingerprint density at radius 2 is 2.00 bits per heavy atom. The zero-order valence-electron chi connectivity index (χ0n) is 10.9. The van der Waals surface area contributed by atoms with Gasteiger partial charge in [0.25, 0.3) is 0 Å². The van der Waals surface area contributed by atoms with Crippen molar-refractivity contribution in [3.8, 4) is 0 Å². The molecule has 0 saturated carbocycles. The van der Waals surface area contributed by atoms with Crippen molar-refractivity contribution >= 4 is 5.97 Å². The summed E-state index contributed by atoms with van der Waals surface area (Å²) in [4.78, 5) is 12.7. The molecule has 0 spiro atoms. The second-order valence-electron chi connectivity index (χ2n) is 5.23. The maximum atomic E-state index is 13.0. The lowest BCUT2D eigenvalue weighted by molar-refractivity contribution is -0.228. The summed E-state index contributed by atoms with van der Waals surface area (Å²) in [5.41, 5.74) is -2.59. The minimum absolute atomic E-state index is 0.0291. The summed E-state index contributed by atoms with van der Waals surface area (Å²) < 4.78 is 38.9. The predicted octanol–water partition coefficient (Wildman–Crippen LogP) is 2.76. The normalized spacial score (nSPS) is 29.2. The zero-order valence-corrected chi connectivity index (χ0v) is 10.9. The van der Waals surface area contributed by atoms with Crippen LogP contribution in [-0.2, 0) is 4.79 Å². The molecule has 0 bridgehead atoms. The van der Waals surface area contributed by atoms with Crippen LogP contribution in [-0.4, -0.2) is 41.3 Å². The highest BCUT2D eigenvalue weighted by atomic mass is 19.4. The van der Waals surface area contributed by atoms with Gasteiger partial charge < -0.3 is 5.11 Å². The number of nitrogens with zero attached hydrogens (tertiary/aromatic N) is 1. The number of alkyl halides is 3. The van der Waals surface area contributed by atoms with Crippen molar-refractivity contribution in [2.45, 2.75) is 45.8 Å². The number of hydrogen-bond donors (Lipinski definition) is 1. The van der Waals surface area contributed by atoms with Crippen molar-refractivity contribution in [3.05, 3.63) is 0 Å². The molecule has 1 aliphatic rings. The van der Waals surface area contributed by atoms with Crippen molar-refractivity contribution in [2.75, 3.05) is 13.1 Å². The summed E-state index contributed by atoms with van der Waals surface area (Å²) in [5, 5.41) is 8.95. The van der Waals surface area contributed by atoms with Gasteiger partial charge in [-0.2, -0.15) is 13.2 Å². The third kappa shape index (κ3) is 2.48. The highest BCUT2D eigenvalue weighted by Crippen LogP contribution is 2.46. The Hall–Kier alpha value is -0.780. The van der Waals surface area contributed by atoms with Crippen LogP contribution in [0, 0.1) is 11.3 Å². The highest BCUT2D eigenvalue weighted by molar-refractivity contribution is 5.76. The first kappa shape index (κ1) is 15.3. The Morgan fingerprint density at radius 1 is 1.44 bits per heavy atom. The van der Waals surface area contributed by atoms with Crippen molar-refractivity contribution in [1.82, 2.24) is 4.90 Å². The number of halogens is 3. The minimum Gasteiger partial charge on any atom is -0.481 e. The van der Waals surface area contributed by atoms with Gasteiger partial charge in [-0.05, 0) is 25.8 Å². The molecule has 3 nitrogen and oxygen atoms in total. The first-order chi connectivity index (χ1) is 8.15. The lowest BCUT2D eigenvalue weighted by Crippen LogP contribution is -2.48. The van der Waals surface area contributed by atoms with E-state index in [0.717, 1.165) is 6.42 Å². The molecular formula is C12H20F3NO2. The number of likely N-dealkylation sites (tertiary alicyclic amines) is 1. The number of carbonyl (C=O) groups is 1. The average Bonchev–Trinajstić information content (AvgIpc) is 2.72. The summed E-state index contributed by atoms with van der Waals surface area (Å²) in [6, 6.07) is -0.0291. The van der Waals surface area contributed by atoms with Gasteiger partial charge in [0.1, 0.15) is 0 Å². The Bertz CT molecular complexity index is 319. The number of rotatable bonds is 4. The summed E-state index contributed by atoms with van der Waals surface area (Å²) in [6.45, 7) is 5.57. The van der Waals surface area contributed by atoms with Gasteiger partial charge >= 0.3 is 12.1 Å². The first-order valence-corrected chi connectivity index (χ1v) is 6.20. The van der Waals surface area contributed by atoms with Crippen LogP contribution in [0.15, 0.2) is 0 Å². The molecule has 1 rings (SSSR count). The van der Waals surface area contributed by atoms with Gasteiger partial charge in [0.05, 0.1) is 0 Å². The molecule has 0 aromatic rings. The van der Waals surface area contributed by atoms with Crippen molar-refractivity contribution in [3.63, 3.8) is 0 Å². The second kappa shape index (κ2) is 5.07. The predicted molar refractivity (Wildman–Crippen MR) is 61.2 cm³/mol. The van der Waals surface area contributed by atoms with Crippen LogP contribution >= 0.6 is 0 Å². The topological polar surface area (TPSA) is 40.5 Å². The third-order valence-electron chi connectivity index (χ3n) is 4.29. The zero-order chi connectivity index (χ0) is 14.1. The summed E-state index contributed by atoms with van der Waals surface area (Å²) in [5.74, 6) is -1.50. The van der Waals surface area contributed by atoms with Crippen molar-refractivity contribution < 1.29 is 23.1 Å². The van der Waals surface area contributed by atoms with Crippen LogP contribution < -0.4 is 0 Å². The monoisotopic (exact) mass is 267 g/mol. The third-order valence-corrected chi connectivity index (χ3v) is 4.29. The van der Waals surface area contributed by atoms with Crippen LogP contribution in [0.4, 0.5) is 13.2 Å². The van der Waals surface area contributed by atoms with E-state index in [4.69, 9.17) is 5.11 Å². The van der Waals surface area contributed by atoms with Crippen molar-refractivity contribution in [2.24, 2.45) is 11.3 Å². The van der Waals surface area contributed by atoms with E-state index in [9.17, 15) is 18.0 Å². The molecule has 6 heteroatoms. The molecule has 3 unspecified atom stereocenters. The maximum Gasteiger partial charge on any atom is 0.406 e. The average molecular weight is 267 g/mol. The molecule has 106 valence electrons. The second-order valence-corrected chi connectivity index (χ2v) is 5.23. The lowest BCUT2D eigenvalue weighted by Gasteiger charge is -2.32. The molecule has 1 N–H and O–H groups in total. The maximum absolute atomic E-state index is 13.0. The van der Waals surface area contributed by atoms with Crippen LogP contribution in [0.5, 0.6) is 0 Å². The van der Waals surface area contributed by atoms with E-state index in [1.54, 1.807) is 4.90 Å². The van der Waals surface area contributed by atoms with Crippen LogP contribution in [0.25, 0.3) is 0 Å². The van der Waals surface area contributed by atoms with Gasteiger partial charge in [0.15, 0.2) is 5.41 Å². The van der Waals surface area contributed by atoms with Gasteiger partial charge in [-0.25, -0.2) is 0 Å². The van der Waals surface area contributed by atoms with Crippen molar-refractivity contribution in [1.29, 1.82) is 0 Å². The SMILES string of the molecule is CCC(C)C(C)N1CCC(C(=O)O)(C(F)(F)F)C1. The molecule has 1 heterocycles. The van der Waals surface area contributed by atoms with Gasteiger partial charge in [-0.3, -0.25) is 9.69 Å². The fourth-order valence-electron chi connectivity index (χ4n) is 2.42. The Morgan fingerprint density at radius 3 is 2.33 bits per heavy atom. The standard InChI is InChI=1S/C12H20F3NO2/c1-4-8(2)9(3)16-6-5-11(7-16,10(17)18)12(13,14)15/h8-9H,4-7H2,1-3H3,(H,17,18). The molecular weight excluding hydrogens is 247 g/mol. The number of aliphatic carboxylic acids is 1. The van der Waals surface area contributed by atoms with E-state index < -0.39 is 24.1 Å². The minimum atomic E-state index is -4.69. The summed E-state index contributed by atoms with van der Waals surface area (Å²) in [6.07, 6.45) is -4.18. The largest absolute Gasteiger partial charge is 0.481 e. The van der Waals surface area contributed by atoms with E-state index in [1.165, 1.54) is 0 Å². The smallest absolute Gasteiger partial charge is 0.406 e. The van der Waals surface area contributed by atoms with E-state index in [-0.39, 0.29) is 24.9 Å². The molecule has 0 amide bonds. The molecule has 0 aromatic carbocycles. The first-order valence-electron chi connectivity index (χ1n) is 6.20. The van der Waals surface area contributed by atoms with E-state index in [0.29, 0.717) is 0 Å². The number of carboxylic acid groups (broad SMARTS) is 1. The Labute approximate surface area is 105 Å². The molecule has 1 fully saturated rings. The summed E-state index contributed by atoms with van der Waals surface area (Å²) >= 11 is 0. The van der Waals surface area contributed by atoms with Gasteiger partial charge in [0.2, 0.25) is 0 Å². The lowest BCUT2D eigenvalue weighted by atomic mass is 9.86. The van der Waals surface area contributed by atoms with Crippen LogP contribution in [0.3, 0.4) is 0 Å². The van der Waals surface area contributed by atoms with Gasteiger partial charge in [-0.15, -0.1) is 0 Å². The fourth-order valence-corrected chi connectivity index (χ4v) is 2.42. The molecule has 0 aromatic heterocycles. The fraction of sp³-hybridized carbons (Fsp3) is 0.917. The van der Waals surface area contributed by atoms with Gasteiger partial charge in [0, 0.05) is 12.6 Å². The molecule has 1 aliphatic heterocycles. The molecule has 3 atom stereocenters. The van der Waals surface area contributed by atoms with Crippen LogP contribution in [0.2, 0.25) is 0 Å². The van der Waals surface area contributed by atoms with Gasteiger partial charge in [-0.1, -0.05) is 20.3 Å². The quantitative estimate of drug-likeness (QED) is 0.851. The molecule has 0 aliphatic carbocycles. The van der Waals surface area contributed by atoms with E-state index in [2.05, 4.69) is 0 Å². The van der Waals surface area contributed by atoms with E-state index in [1.807, 2.05) is 20.8 Å². The molecule has 1 saturated heterocycles. The van der Waals surface area contributed by atoms with Crippen LogP contribution in [0.1, 0.15) is 33.6 Å². The molecule has 0 radical (unpaired) electrons. The number of carboxylic acids is 1. The molecule has 18 heavy (non-hydrogen) atoms. The Kier molecular flexibility index (Phi) is 4.30. The van der Waals surface area contributed by atoms with E-state index >= 15 is 0 Å². The number of hydrogen-bond acceptors (Lipinski definition) is 2. The summed E-state index contributed by atoms with van der Waals surface area (Å²) in [7, 11) is 0. The Balaban J connectivity index is 2.88. The highest BCUT2D eigenvalue weighted by Gasteiger charge is 2.63.